The van der Waals surface area contributed by atoms with Crippen LogP contribution in [0.3, 0.4) is 0 Å². The molecule has 0 aromatic heterocycles. The van der Waals surface area contributed by atoms with Crippen molar-refractivity contribution in [3.63, 3.8) is 0 Å². The number of carbonyl (C=O) groups excluding carboxylic acids is 2. The summed E-state index contributed by atoms with van der Waals surface area (Å²) in [5.41, 5.74) is 0. The van der Waals surface area contributed by atoms with E-state index in [1.165, 1.54) is 141 Å². The monoisotopic (exact) mass is 632 g/mol. The molecule has 1 fully saturated rings. The fourth-order valence-corrected chi connectivity index (χ4v) is 6.00. The van der Waals surface area contributed by atoms with Crippen molar-refractivity contribution < 1.29 is 19.1 Å². The molecule has 0 aliphatic carbocycles. The van der Waals surface area contributed by atoms with Crippen molar-refractivity contribution >= 4 is 11.9 Å². The number of carbonyl (C=O) groups is 2. The number of unbranched alkanes of at least 4 members (excludes halogenated alkanes) is 22. The number of rotatable bonds is 32. The Balaban J connectivity index is 1.95. The van der Waals surface area contributed by atoms with Crippen molar-refractivity contribution in [3.05, 3.63) is 24.3 Å². The van der Waals surface area contributed by atoms with Gasteiger partial charge in [0.2, 0.25) is 0 Å². The smallest absolute Gasteiger partial charge is 0.306 e. The van der Waals surface area contributed by atoms with Gasteiger partial charge in [0.15, 0.2) is 12.2 Å². The second kappa shape index (κ2) is 32.3. The minimum absolute atomic E-state index is 0.167. The molecule has 1 aliphatic rings. The summed E-state index contributed by atoms with van der Waals surface area (Å²) in [6.07, 6.45) is 41.8. The maximum atomic E-state index is 12.4. The van der Waals surface area contributed by atoms with Crippen molar-refractivity contribution in [2.24, 2.45) is 0 Å². The largest absolute Gasteiger partial charge is 0.457 e. The molecule has 0 saturated carbocycles. The third kappa shape index (κ3) is 27.2. The van der Waals surface area contributed by atoms with E-state index in [9.17, 15) is 9.59 Å². The molecule has 1 N–H and O–H groups in total. The van der Waals surface area contributed by atoms with Crippen LogP contribution in [0.2, 0.25) is 0 Å². The molecule has 1 rings (SSSR count). The summed E-state index contributed by atoms with van der Waals surface area (Å²) in [5.74, 6) is -0.334. The van der Waals surface area contributed by atoms with Crippen LogP contribution in [-0.2, 0) is 19.1 Å². The molecule has 1 saturated heterocycles. The van der Waals surface area contributed by atoms with Gasteiger partial charge in [-0.2, -0.15) is 0 Å². The predicted molar refractivity (Wildman–Crippen MR) is 192 cm³/mol. The molecular formula is C40H73NO4. The van der Waals surface area contributed by atoms with Crippen LogP contribution in [0.15, 0.2) is 24.3 Å². The molecule has 2 atom stereocenters. The first-order chi connectivity index (χ1) is 22.2. The Morgan fingerprint density at radius 1 is 0.467 bits per heavy atom. The van der Waals surface area contributed by atoms with E-state index in [0.29, 0.717) is 25.9 Å². The van der Waals surface area contributed by atoms with Gasteiger partial charge in [-0.3, -0.25) is 9.59 Å². The van der Waals surface area contributed by atoms with E-state index in [2.05, 4.69) is 43.5 Å². The SMILES string of the molecule is CCCCCCCC/C=C\CCCCCCCC(=O)OC1CNCC1OC(=O)CCCCCCC/C=C\CCCCCCCC. The average Bonchev–Trinajstić information content (AvgIpc) is 3.46. The number of hydrogen-bond acceptors (Lipinski definition) is 5. The molecular weight excluding hydrogens is 558 g/mol. The molecule has 5 heteroatoms. The predicted octanol–water partition coefficient (Wildman–Crippen LogP) is 11.5. The molecule has 0 radical (unpaired) electrons. The van der Waals surface area contributed by atoms with E-state index >= 15 is 0 Å². The number of nitrogens with one attached hydrogen (secondary N) is 1. The van der Waals surface area contributed by atoms with Crippen LogP contribution in [0.5, 0.6) is 0 Å². The molecule has 2 unspecified atom stereocenters. The standard InChI is InChI=1S/C40H73NO4/c1-3-5-7-9-11-13-15-17-19-21-23-25-27-29-31-33-39(42)44-37-35-41-36-38(37)45-40(43)34-32-30-28-26-24-22-20-18-16-14-12-10-8-6-4-2/h17-20,37-38,41H,3-16,21-36H2,1-2H3/b19-17-,20-18-. The van der Waals surface area contributed by atoms with Gasteiger partial charge >= 0.3 is 11.9 Å². The molecule has 1 heterocycles. The molecule has 0 aromatic carbocycles. The maximum absolute atomic E-state index is 12.4. The van der Waals surface area contributed by atoms with E-state index < -0.39 is 0 Å². The highest BCUT2D eigenvalue weighted by Crippen LogP contribution is 2.16. The second-order valence-electron chi connectivity index (χ2n) is 13.4. The topological polar surface area (TPSA) is 64.6 Å². The lowest BCUT2D eigenvalue weighted by molar-refractivity contribution is -0.164. The third-order valence-corrected chi connectivity index (χ3v) is 8.96. The van der Waals surface area contributed by atoms with Gasteiger partial charge in [0.05, 0.1) is 0 Å². The van der Waals surface area contributed by atoms with Gasteiger partial charge in [-0.15, -0.1) is 0 Å². The average molecular weight is 632 g/mol. The number of allylic oxidation sites excluding steroid dienone is 4. The van der Waals surface area contributed by atoms with Gasteiger partial charge in [-0.25, -0.2) is 0 Å². The first kappa shape index (κ1) is 41.4. The summed E-state index contributed by atoms with van der Waals surface area (Å²) in [6.45, 7) is 5.65. The highest BCUT2D eigenvalue weighted by atomic mass is 16.6. The zero-order chi connectivity index (χ0) is 32.5. The Labute approximate surface area is 279 Å². The van der Waals surface area contributed by atoms with Crippen molar-refractivity contribution in [3.8, 4) is 0 Å². The quantitative estimate of drug-likeness (QED) is 0.0454. The second-order valence-corrected chi connectivity index (χ2v) is 13.4. The molecule has 0 amide bonds. The summed E-state index contributed by atoms with van der Waals surface area (Å²) in [5, 5.41) is 3.21. The highest BCUT2D eigenvalue weighted by molar-refractivity contribution is 5.70. The number of ether oxygens (including phenoxy) is 2. The summed E-state index contributed by atoms with van der Waals surface area (Å²) < 4.78 is 11.4. The number of esters is 2. The van der Waals surface area contributed by atoms with Crippen LogP contribution in [0.1, 0.15) is 194 Å². The van der Waals surface area contributed by atoms with Crippen LogP contribution < -0.4 is 5.32 Å². The van der Waals surface area contributed by atoms with Crippen LogP contribution in [0.25, 0.3) is 0 Å². The molecule has 45 heavy (non-hydrogen) atoms. The molecule has 262 valence electrons. The summed E-state index contributed by atoms with van der Waals surface area (Å²) in [4.78, 5) is 24.8. The lowest BCUT2D eigenvalue weighted by atomic mass is 10.1. The summed E-state index contributed by atoms with van der Waals surface area (Å²) >= 11 is 0. The Morgan fingerprint density at radius 3 is 1.09 bits per heavy atom. The van der Waals surface area contributed by atoms with Gasteiger partial charge in [-0.05, 0) is 64.2 Å². The Hall–Kier alpha value is -1.62. The van der Waals surface area contributed by atoms with Crippen molar-refractivity contribution in [1.82, 2.24) is 5.32 Å². The highest BCUT2D eigenvalue weighted by Gasteiger charge is 2.33. The summed E-state index contributed by atoms with van der Waals surface area (Å²) in [6, 6.07) is 0. The van der Waals surface area contributed by atoms with E-state index in [1.54, 1.807) is 0 Å². The fraction of sp³-hybridized carbons (Fsp3) is 0.850. The molecule has 0 bridgehead atoms. The zero-order valence-corrected chi connectivity index (χ0v) is 29.8. The van der Waals surface area contributed by atoms with Gasteiger partial charge in [0, 0.05) is 25.9 Å². The molecule has 0 aromatic rings. The minimum atomic E-state index is -0.362. The maximum Gasteiger partial charge on any atom is 0.306 e. The van der Waals surface area contributed by atoms with E-state index in [-0.39, 0.29) is 24.1 Å². The van der Waals surface area contributed by atoms with Crippen LogP contribution >= 0.6 is 0 Å². The lowest BCUT2D eigenvalue weighted by Crippen LogP contribution is -2.33. The van der Waals surface area contributed by atoms with E-state index in [1.807, 2.05) is 0 Å². The fourth-order valence-electron chi connectivity index (χ4n) is 6.00. The van der Waals surface area contributed by atoms with Crippen molar-refractivity contribution in [2.45, 2.75) is 206 Å². The zero-order valence-electron chi connectivity index (χ0n) is 29.8. The van der Waals surface area contributed by atoms with E-state index in [0.717, 1.165) is 25.7 Å². The Morgan fingerprint density at radius 2 is 0.756 bits per heavy atom. The van der Waals surface area contributed by atoms with E-state index in [4.69, 9.17) is 9.47 Å². The van der Waals surface area contributed by atoms with Gasteiger partial charge < -0.3 is 14.8 Å². The van der Waals surface area contributed by atoms with Gasteiger partial charge in [0.25, 0.3) is 0 Å². The van der Waals surface area contributed by atoms with Gasteiger partial charge in [0.1, 0.15) is 0 Å². The first-order valence-corrected chi connectivity index (χ1v) is 19.6. The Bertz CT molecular complexity index is 674. The Kier molecular flexibility index (Phi) is 29.7. The first-order valence-electron chi connectivity index (χ1n) is 19.6. The van der Waals surface area contributed by atoms with Crippen molar-refractivity contribution in [2.75, 3.05) is 13.1 Å². The van der Waals surface area contributed by atoms with Crippen LogP contribution in [0, 0.1) is 0 Å². The van der Waals surface area contributed by atoms with Gasteiger partial charge in [-0.1, -0.05) is 141 Å². The van der Waals surface area contributed by atoms with Crippen LogP contribution in [0.4, 0.5) is 0 Å². The molecule has 1 aliphatic heterocycles. The number of hydrogen-bond donors (Lipinski definition) is 1. The van der Waals surface area contributed by atoms with Crippen molar-refractivity contribution in [1.29, 1.82) is 0 Å². The lowest BCUT2D eigenvalue weighted by Gasteiger charge is -2.19. The molecule has 5 nitrogen and oxygen atoms in total. The third-order valence-electron chi connectivity index (χ3n) is 8.96. The summed E-state index contributed by atoms with van der Waals surface area (Å²) in [7, 11) is 0. The minimum Gasteiger partial charge on any atom is -0.457 e. The normalized spacial score (nSPS) is 16.7. The van der Waals surface area contributed by atoms with Crippen LogP contribution in [-0.4, -0.2) is 37.2 Å². The molecule has 0 spiro atoms.